The van der Waals surface area contributed by atoms with Crippen molar-refractivity contribution in [2.45, 2.75) is 12.0 Å². The molecule has 2 aliphatic heterocycles. The van der Waals surface area contributed by atoms with Crippen LogP contribution in [0.1, 0.15) is 5.56 Å². The first kappa shape index (κ1) is 14.2. The van der Waals surface area contributed by atoms with Gasteiger partial charge in [0.05, 0.1) is 11.9 Å². The fourth-order valence-corrected chi connectivity index (χ4v) is 3.85. The summed E-state index contributed by atoms with van der Waals surface area (Å²) in [5.41, 5.74) is 3.02. The Kier molecular flexibility index (Phi) is 3.31. The minimum absolute atomic E-state index is 0.253. The maximum Gasteiger partial charge on any atom is 0.310 e. The Balaban J connectivity index is 1.79. The average Bonchev–Trinajstić information content (AvgIpc) is 3.11. The van der Waals surface area contributed by atoms with E-state index in [4.69, 9.17) is 11.6 Å². The summed E-state index contributed by atoms with van der Waals surface area (Å²) < 4.78 is 0. The SMILES string of the molecule is O=C(O)C1C2C=CC3=NN=CC3=C2N(Cc2ccccc2)C1Cl. The number of halogens is 1. The van der Waals surface area contributed by atoms with E-state index in [-0.39, 0.29) is 5.92 Å². The zero-order valence-corrected chi connectivity index (χ0v) is 12.9. The van der Waals surface area contributed by atoms with E-state index in [1.165, 1.54) is 0 Å². The van der Waals surface area contributed by atoms with Gasteiger partial charge < -0.3 is 10.0 Å². The second kappa shape index (κ2) is 5.35. The number of nitrogens with zero attached hydrogens (tertiary/aromatic N) is 3. The molecule has 3 atom stereocenters. The van der Waals surface area contributed by atoms with Crippen LogP contribution in [-0.2, 0) is 11.3 Å². The van der Waals surface area contributed by atoms with E-state index in [0.717, 1.165) is 22.5 Å². The van der Waals surface area contributed by atoms with Crippen LogP contribution in [0.15, 0.2) is 64.0 Å². The summed E-state index contributed by atoms with van der Waals surface area (Å²) in [5.74, 6) is -1.82. The molecule has 6 heteroatoms. The zero-order valence-electron chi connectivity index (χ0n) is 12.1. The molecule has 3 unspecified atom stereocenters. The maximum absolute atomic E-state index is 11.7. The molecule has 0 aromatic heterocycles. The number of aliphatic carboxylic acids is 1. The molecule has 4 rings (SSSR count). The quantitative estimate of drug-likeness (QED) is 0.685. The standard InChI is InChI=1S/C17H14ClN3O2/c18-16-14(17(22)23)11-6-7-13-12(8-19-20-13)15(11)21(16)9-10-4-2-1-3-5-10/h1-8,11,14,16H,9H2,(H,22,23). The van der Waals surface area contributed by atoms with E-state index in [0.29, 0.717) is 6.54 Å². The van der Waals surface area contributed by atoms with Crippen LogP contribution in [0.2, 0.25) is 0 Å². The van der Waals surface area contributed by atoms with Gasteiger partial charge in [-0.25, -0.2) is 0 Å². The van der Waals surface area contributed by atoms with E-state index in [2.05, 4.69) is 10.2 Å². The van der Waals surface area contributed by atoms with Crippen LogP contribution in [0.5, 0.6) is 0 Å². The van der Waals surface area contributed by atoms with Crippen molar-refractivity contribution in [3.63, 3.8) is 0 Å². The molecule has 23 heavy (non-hydrogen) atoms. The molecule has 0 amide bonds. The molecule has 1 aliphatic carbocycles. The van der Waals surface area contributed by atoms with Gasteiger partial charge in [0, 0.05) is 23.7 Å². The first-order valence-corrected chi connectivity index (χ1v) is 7.81. The number of hydrogen-bond donors (Lipinski definition) is 1. The number of carbonyl (C=O) groups is 1. The summed E-state index contributed by atoms with van der Waals surface area (Å²) in [4.78, 5) is 13.7. The lowest BCUT2D eigenvalue weighted by atomic mass is 9.86. The molecule has 5 nitrogen and oxygen atoms in total. The summed E-state index contributed by atoms with van der Waals surface area (Å²) in [6, 6.07) is 9.89. The molecule has 0 spiro atoms. The fraction of sp³-hybridized carbons (Fsp3) is 0.235. The van der Waals surface area contributed by atoms with E-state index in [1.807, 2.05) is 47.4 Å². The van der Waals surface area contributed by atoms with Crippen molar-refractivity contribution in [1.29, 1.82) is 0 Å². The molecule has 0 saturated carbocycles. The van der Waals surface area contributed by atoms with Crippen molar-refractivity contribution in [1.82, 2.24) is 4.90 Å². The van der Waals surface area contributed by atoms with Crippen molar-refractivity contribution in [2.24, 2.45) is 22.0 Å². The highest BCUT2D eigenvalue weighted by molar-refractivity contribution is 6.26. The number of carboxylic acids is 1. The molecule has 1 aromatic rings. The lowest BCUT2D eigenvalue weighted by Gasteiger charge is -2.27. The van der Waals surface area contributed by atoms with Crippen molar-refractivity contribution in [3.05, 3.63) is 59.3 Å². The summed E-state index contributed by atoms with van der Waals surface area (Å²) in [7, 11) is 0. The third-order valence-corrected chi connectivity index (χ3v) is 4.96. The Labute approximate surface area is 138 Å². The topological polar surface area (TPSA) is 65.3 Å². The van der Waals surface area contributed by atoms with Gasteiger partial charge in [-0.15, -0.1) is 0 Å². The Morgan fingerprint density at radius 3 is 2.83 bits per heavy atom. The Morgan fingerprint density at radius 2 is 2.09 bits per heavy atom. The van der Waals surface area contributed by atoms with Crippen LogP contribution >= 0.6 is 11.6 Å². The number of rotatable bonds is 3. The monoisotopic (exact) mass is 327 g/mol. The second-order valence-electron chi connectivity index (χ2n) is 5.76. The van der Waals surface area contributed by atoms with Gasteiger partial charge in [0.15, 0.2) is 0 Å². The molecule has 3 aliphatic rings. The highest BCUT2D eigenvalue weighted by Gasteiger charge is 2.49. The highest BCUT2D eigenvalue weighted by Crippen LogP contribution is 2.45. The second-order valence-corrected chi connectivity index (χ2v) is 6.21. The van der Waals surface area contributed by atoms with Gasteiger partial charge in [-0.05, 0) is 11.6 Å². The molecular weight excluding hydrogens is 314 g/mol. The smallest absolute Gasteiger partial charge is 0.310 e. The summed E-state index contributed by atoms with van der Waals surface area (Å²) in [6.07, 6.45) is 5.40. The van der Waals surface area contributed by atoms with Crippen LogP contribution in [0.25, 0.3) is 0 Å². The van der Waals surface area contributed by atoms with Crippen LogP contribution in [-0.4, -0.2) is 33.4 Å². The number of alkyl halides is 1. The van der Waals surface area contributed by atoms with Gasteiger partial charge in [0.25, 0.3) is 0 Å². The predicted molar refractivity (Wildman–Crippen MR) is 88.3 cm³/mol. The summed E-state index contributed by atoms with van der Waals surface area (Å²) >= 11 is 6.55. The van der Waals surface area contributed by atoms with E-state index < -0.39 is 17.4 Å². The minimum atomic E-state index is -0.886. The largest absolute Gasteiger partial charge is 0.481 e. The Morgan fingerprint density at radius 1 is 1.30 bits per heavy atom. The Bertz CT molecular complexity index is 782. The van der Waals surface area contributed by atoms with Crippen LogP contribution in [0.3, 0.4) is 0 Å². The van der Waals surface area contributed by atoms with E-state index in [9.17, 15) is 9.90 Å². The van der Waals surface area contributed by atoms with Crippen molar-refractivity contribution in [2.75, 3.05) is 0 Å². The number of allylic oxidation sites excluding steroid dienone is 3. The van der Waals surface area contributed by atoms with Crippen molar-refractivity contribution < 1.29 is 9.90 Å². The fourth-order valence-electron chi connectivity index (χ4n) is 3.41. The van der Waals surface area contributed by atoms with Gasteiger partial charge >= 0.3 is 5.97 Å². The number of hydrogen-bond acceptors (Lipinski definition) is 4. The van der Waals surface area contributed by atoms with Gasteiger partial charge in [-0.2, -0.15) is 10.2 Å². The number of likely N-dealkylation sites (tertiary alicyclic amines) is 1. The third kappa shape index (κ3) is 2.19. The van der Waals surface area contributed by atoms with E-state index in [1.54, 1.807) is 6.21 Å². The number of benzene rings is 1. The van der Waals surface area contributed by atoms with Crippen LogP contribution in [0, 0.1) is 11.8 Å². The molecule has 1 saturated heterocycles. The molecule has 2 heterocycles. The van der Waals surface area contributed by atoms with Crippen molar-refractivity contribution in [3.8, 4) is 0 Å². The van der Waals surface area contributed by atoms with Gasteiger partial charge in [0.1, 0.15) is 11.4 Å². The molecular formula is C17H14ClN3O2. The molecule has 0 bridgehead atoms. The zero-order chi connectivity index (χ0) is 16.0. The first-order chi connectivity index (χ1) is 11.2. The van der Waals surface area contributed by atoms with Gasteiger partial charge in [-0.3, -0.25) is 4.79 Å². The first-order valence-electron chi connectivity index (χ1n) is 7.38. The van der Waals surface area contributed by atoms with E-state index >= 15 is 0 Å². The number of carboxylic acid groups (broad SMARTS) is 1. The van der Waals surface area contributed by atoms with Crippen LogP contribution in [0.4, 0.5) is 0 Å². The molecule has 0 radical (unpaired) electrons. The Hall–Kier alpha value is -2.40. The van der Waals surface area contributed by atoms with Crippen molar-refractivity contribution >= 4 is 29.5 Å². The predicted octanol–water partition coefficient (Wildman–Crippen LogP) is 2.65. The highest BCUT2D eigenvalue weighted by atomic mass is 35.5. The lowest BCUT2D eigenvalue weighted by Crippen LogP contribution is -2.30. The third-order valence-electron chi connectivity index (χ3n) is 4.45. The summed E-state index contributed by atoms with van der Waals surface area (Å²) in [6.45, 7) is 0.559. The molecule has 1 aromatic carbocycles. The lowest BCUT2D eigenvalue weighted by molar-refractivity contribution is -0.142. The molecule has 1 N–H and O–H groups in total. The summed E-state index contributed by atoms with van der Waals surface area (Å²) in [5, 5.41) is 17.7. The molecule has 116 valence electrons. The average molecular weight is 328 g/mol. The normalized spacial score (nSPS) is 28.0. The number of fused-ring (bicyclic) bond motifs is 2. The van der Waals surface area contributed by atoms with Crippen LogP contribution < -0.4 is 0 Å². The van der Waals surface area contributed by atoms with Gasteiger partial charge in [0.2, 0.25) is 0 Å². The maximum atomic E-state index is 11.7. The van der Waals surface area contributed by atoms with Gasteiger partial charge in [-0.1, -0.05) is 48.0 Å². The molecule has 1 fully saturated rings. The minimum Gasteiger partial charge on any atom is -0.481 e.